The number of ether oxygens (including phenoxy) is 1. The van der Waals surface area contributed by atoms with Crippen LogP contribution in [-0.4, -0.2) is 6.61 Å². The summed E-state index contributed by atoms with van der Waals surface area (Å²) in [5, 5.41) is 0. The number of hydrogen-bond acceptors (Lipinski definition) is 1. The standard InChI is InChI=1S/C14H18O/c1-3-9-15-14-8-5-11(4-2)10-13(14)12-6-7-12/h4-5,8,10,12H,2-3,6-7,9H2,1H3. The quantitative estimate of drug-likeness (QED) is 0.701. The van der Waals surface area contributed by atoms with Crippen LogP contribution in [-0.2, 0) is 0 Å². The molecule has 0 saturated heterocycles. The SMILES string of the molecule is C=Cc1ccc(OCCC)c(C2CC2)c1. The maximum atomic E-state index is 5.75. The first kappa shape index (κ1) is 10.3. The van der Waals surface area contributed by atoms with Gasteiger partial charge in [0.2, 0.25) is 0 Å². The molecule has 15 heavy (non-hydrogen) atoms. The van der Waals surface area contributed by atoms with Crippen LogP contribution in [0.4, 0.5) is 0 Å². The Kier molecular flexibility index (Phi) is 3.10. The molecule has 1 saturated carbocycles. The Hall–Kier alpha value is -1.24. The topological polar surface area (TPSA) is 9.23 Å². The third-order valence-electron chi connectivity index (χ3n) is 2.75. The maximum absolute atomic E-state index is 5.75. The van der Waals surface area contributed by atoms with Gasteiger partial charge in [0.25, 0.3) is 0 Å². The highest BCUT2D eigenvalue weighted by Crippen LogP contribution is 2.44. The lowest BCUT2D eigenvalue weighted by molar-refractivity contribution is 0.314. The number of benzene rings is 1. The predicted octanol–water partition coefficient (Wildman–Crippen LogP) is 4.00. The number of hydrogen-bond donors (Lipinski definition) is 0. The minimum atomic E-state index is 0.733. The van der Waals surface area contributed by atoms with Crippen molar-refractivity contribution < 1.29 is 4.74 Å². The highest BCUT2D eigenvalue weighted by Gasteiger charge is 2.26. The van der Waals surface area contributed by atoms with Crippen molar-refractivity contribution in [2.75, 3.05) is 6.61 Å². The number of rotatable bonds is 5. The van der Waals surface area contributed by atoms with Crippen LogP contribution in [0.1, 0.15) is 43.2 Å². The van der Waals surface area contributed by atoms with Gasteiger partial charge in [-0.1, -0.05) is 25.6 Å². The second-order valence-corrected chi connectivity index (χ2v) is 4.12. The molecular formula is C14H18O. The molecule has 0 atom stereocenters. The van der Waals surface area contributed by atoms with Crippen LogP contribution in [0.5, 0.6) is 5.75 Å². The summed E-state index contributed by atoms with van der Waals surface area (Å²) in [5.74, 6) is 1.81. The highest BCUT2D eigenvalue weighted by molar-refractivity contribution is 5.53. The van der Waals surface area contributed by atoms with Gasteiger partial charge in [-0.15, -0.1) is 0 Å². The van der Waals surface area contributed by atoms with Crippen LogP contribution in [0.15, 0.2) is 24.8 Å². The van der Waals surface area contributed by atoms with Crippen molar-refractivity contribution >= 4 is 6.08 Å². The van der Waals surface area contributed by atoms with E-state index in [4.69, 9.17) is 4.74 Å². The Morgan fingerprint density at radius 3 is 2.87 bits per heavy atom. The first-order valence-electron chi connectivity index (χ1n) is 5.74. The Bertz CT molecular complexity index is 350. The normalized spacial score (nSPS) is 15.0. The van der Waals surface area contributed by atoms with Crippen molar-refractivity contribution in [1.82, 2.24) is 0 Å². The summed E-state index contributed by atoms with van der Waals surface area (Å²) in [6.07, 6.45) is 5.58. The zero-order valence-electron chi connectivity index (χ0n) is 9.33. The van der Waals surface area contributed by atoms with Crippen molar-refractivity contribution in [1.29, 1.82) is 0 Å². The van der Waals surface area contributed by atoms with E-state index in [0.717, 1.165) is 24.7 Å². The largest absolute Gasteiger partial charge is 0.493 e. The lowest BCUT2D eigenvalue weighted by atomic mass is 10.1. The molecule has 1 aliphatic rings. The average molecular weight is 202 g/mol. The van der Waals surface area contributed by atoms with E-state index in [1.54, 1.807) is 0 Å². The summed E-state index contributed by atoms with van der Waals surface area (Å²) < 4.78 is 5.75. The van der Waals surface area contributed by atoms with Gasteiger partial charge in [0.1, 0.15) is 5.75 Å². The predicted molar refractivity (Wildman–Crippen MR) is 64.3 cm³/mol. The molecule has 80 valence electrons. The van der Waals surface area contributed by atoms with E-state index in [1.165, 1.54) is 24.0 Å². The summed E-state index contributed by atoms with van der Waals surface area (Å²) in [7, 11) is 0. The van der Waals surface area contributed by atoms with Crippen molar-refractivity contribution in [2.45, 2.75) is 32.1 Å². The zero-order chi connectivity index (χ0) is 10.7. The molecule has 0 radical (unpaired) electrons. The minimum absolute atomic E-state index is 0.733. The molecule has 0 heterocycles. The fourth-order valence-corrected chi connectivity index (χ4v) is 1.75. The second kappa shape index (κ2) is 4.52. The third-order valence-corrected chi connectivity index (χ3v) is 2.75. The molecule has 0 aromatic heterocycles. The Morgan fingerprint density at radius 2 is 2.27 bits per heavy atom. The van der Waals surface area contributed by atoms with E-state index in [9.17, 15) is 0 Å². The molecule has 0 bridgehead atoms. The summed E-state index contributed by atoms with van der Waals surface area (Å²) in [5.41, 5.74) is 2.57. The van der Waals surface area contributed by atoms with E-state index in [1.807, 2.05) is 6.08 Å². The lowest BCUT2D eigenvalue weighted by Crippen LogP contribution is -1.98. The molecule has 0 N–H and O–H groups in total. The van der Waals surface area contributed by atoms with Gasteiger partial charge in [-0.25, -0.2) is 0 Å². The van der Waals surface area contributed by atoms with Crippen LogP contribution in [0.3, 0.4) is 0 Å². The third kappa shape index (κ3) is 2.41. The van der Waals surface area contributed by atoms with Gasteiger partial charge in [-0.05, 0) is 48.4 Å². The van der Waals surface area contributed by atoms with E-state index < -0.39 is 0 Å². The van der Waals surface area contributed by atoms with Gasteiger partial charge in [0.05, 0.1) is 6.61 Å². The molecule has 1 aliphatic carbocycles. The molecule has 2 rings (SSSR count). The Labute approximate surface area is 91.8 Å². The fraction of sp³-hybridized carbons (Fsp3) is 0.429. The first-order chi connectivity index (χ1) is 7.35. The summed E-state index contributed by atoms with van der Waals surface area (Å²) in [6, 6.07) is 6.37. The molecule has 1 aromatic carbocycles. The summed E-state index contributed by atoms with van der Waals surface area (Å²) in [4.78, 5) is 0. The monoisotopic (exact) mass is 202 g/mol. The smallest absolute Gasteiger partial charge is 0.122 e. The van der Waals surface area contributed by atoms with Gasteiger partial charge in [0, 0.05) is 0 Å². The first-order valence-corrected chi connectivity index (χ1v) is 5.74. The van der Waals surface area contributed by atoms with E-state index in [2.05, 4.69) is 31.7 Å². The van der Waals surface area contributed by atoms with Gasteiger partial charge in [0.15, 0.2) is 0 Å². The van der Waals surface area contributed by atoms with Crippen molar-refractivity contribution in [3.63, 3.8) is 0 Å². The van der Waals surface area contributed by atoms with Crippen molar-refractivity contribution in [3.8, 4) is 5.75 Å². The highest BCUT2D eigenvalue weighted by atomic mass is 16.5. The van der Waals surface area contributed by atoms with Crippen LogP contribution in [0.2, 0.25) is 0 Å². The zero-order valence-corrected chi connectivity index (χ0v) is 9.33. The molecule has 1 nitrogen and oxygen atoms in total. The molecule has 0 unspecified atom stereocenters. The van der Waals surface area contributed by atoms with Crippen LogP contribution >= 0.6 is 0 Å². The lowest BCUT2D eigenvalue weighted by Gasteiger charge is -2.11. The second-order valence-electron chi connectivity index (χ2n) is 4.12. The van der Waals surface area contributed by atoms with Crippen molar-refractivity contribution in [2.24, 2.45) is 0 Å². The van der Waals surface area contributed by atoms with Crippen LogP contribution in [0.25, 0.3) is 6.08 Å². The summed E-state index contributed by atoms with van der Waals surface area (Å²) in [6.45, 7) is 6.75. The van der Waals surface area contributed by atoms with E-state index in [0.29, 0.717) is 0 Å². The van der Waals surface area contributed by atoms with Crippen LogP contribution in [0, 0.1) is 0 Å². The van der Waals surface area contributed by atoms with Gasteiger partial charge < -0.3 is 4.74 Å². The van der Waals surface area contributed by atoms with Crippen LogP contribution < -0.4 is 4.74 Å². The van der Waals surface area contributed by atoms with Crippen molar-refractivity contribution in [3.05, 3.63) is 35.9 Å². The minimum Gasteiger partial charge on any atom is -0.493 e. The molecule has 0 amide bonds. The molecule has 1 aromatic rings. The van der Waals surface area contributed by atoms with E-state index >= 15 is 0 Å². The summed E-state index contributed by atoms with van der Waals surface area (Å²) >= 11 is 0. The molecular weight excluding hydrogens is 184 g/mol. The molecule has 1 fully saturated rings. The molecule has 0 spiro atoms. The van der Waals surface area contributed by atoms with Gasteiger partial charge in [-0.3, -0.25) is 0 Å². The Balaban J connectivity index is 2.23. The molecule has 1 heteroatoms. The van der Waals surface area contributed by atoms with Gasteiger partial charge >= 0.3 is 0 Å². The maximum Gasteiger partial charge on any atom is 0.122 e. The molecule has 0 aliphatic heterocycles. The van der Waals surface area contributed by atoms with E-state index in [-0.39, 0.29) is 0 Å². The van der Waals surface area contributed by atoms with Gasteiger partial charge in [-0.2, -0.15) is 0 Å². The fourth-order valence-electron chi connectivity index (χ4n) is 1.75. The Morgan fingerprint density at radius 1 is 1.47 bits per heavy atom. The average Bonchev–Trinajstić information content (AvgIpc) is 3.10.